The van der Waals surface area contributed by atoms with E-state index in [1.165, 1.54) is 6.07 Å². The minimum absolute atomic E-state index is 0.382. The van der Waals surface area contributed by atoms with Gasteiger partial charge in [0.2, 0.25) is 5.88 Å². The van der Waals surface area contributed by atoms with E-state index in [4.69, 9.17) is 9.47 Å². The lowest BCUT2D eigenvalue weighted by Crippen LogP contribution is -2.07. The molecule has 0 saturated heterocycles. The molecule has 0 saturated carbocycles. The van der Waals surface area contributed by atoms with Gasteiger partial charge >= 0.3 is 0 Å². The summed E-state index contributed by atoms with van der Waals surface area (Å²) in [4.78, 5) is 3.97. The first-order chi connectivity index (χ1) is 9.22. The standard InChI is InChI=1S/C14H15FN2O2/c1-16-8-10-7-11(15)9-17-14(10)19-13-5-3-12(18-2)4-6-13/h3-7,9,16H,8H2,1-2H3. The largest absolute Gasteiger partial charge is 0.497 e. The van der Waals surface area contributed by atoms with Crippen LogP contribution in [0, 0.1) is 5.82 Å². The third-order valence-electron chi connectivity index (χ3n) is 2.53. The highest BCUT2D eigenvalue weighted by Crippen LogP contribution is 2.25. The molecular formula is C14H15FN2O2. The van der Waals surface area contributed by atoms with Crippen molar-refractivity contribution in [2.45, 2.75) is 6.54 Å². The molecule has 0 aliphatic rings. The molecule has 0 fully saturated rings. The zero-order chi connectivity index (χ0) is 13.7. The van der Waals surface area contributed by atoms with Gasteiger partial charge in [-0.25, -0.2) is 9.37 Å². The third kappa shape index (κ3) is 3.42. The molecule has 0 spiro atoms. The average Bonchev–Trinajstić information content (AvgIpc) is 2.43. The van der Waals surface area contributed by atoms with Gasteiger partial charge in [0.15, 0.2) is 0 Å². The van der Waals surface area contributed by atoms with Crippen LogP contribution in [0.3, 0.4) is 0 Å². The maximum Gasteiger partial charge on any atom is 0.223 e. The predicted octanol–water partition coefficient (Wildman–Crippen LogP) is 2.74. The molecule has 0 bridgehead atoms. The lowest BCUT2D eigenvalue weighted by molar-refractivity contribution is 0.411. The zero-order valence-corrected chi connectivity index (χ0v) is 10.8. The Bertz CT molecular complexity index is 544. The number of aromatic nitrogens is 1. The van der Waals surface area contributed by atoms with E-state index >= 15 is 0 Å². The van der Waals surface area contributed by atoms with Crippen LogP contribution in [-0.2, 0) is 6.54 Å². The Balaban J connectivity index is 2.21. The number of ether oxygens (including phenoxy) is 2. The molecule has 0 radical (unpaired) electrons. The molecule has 1 aromatic heterocycles. The van der Waals surface area contributed by atoms with Gasteiger partial charge in [-0.3, -0.25) is 0 Å². The number of benzene rings is 1. The summed E-state index contributed by atoms with van der Waals surface area (Å²) in [6.45, 7) is 0.482. The van der Waals surface area contributed by atoms with Crippen molar-refractivity contribution in [2.24, 2.45) is 0 Å². The van der Waals surface area contributed by atoms with Crippen molar-refractivity contribution in [2.75, 3.05) is 14.2 Å². The lowest BCUT2D eigenvalue weighted by Gasteiger charge is -2.10. The molecule has 5 heteroatoms. The maximum atomic E-state index is 13.1. The molecule has 0 atom stereocenters. The van der Waals surface area contributed by atoms with E-state index in [9.17, 15) is 4.39 Å². The molecule has 0 aliphatic heterocycles. The summed E-state index contributed by atoms with van der Waals surface area (Å²) in [7, 11) is 3.38. The van der Waals surface area contributed by atoms with E-state index < -0.39 is 0 Å². The lowest BCUT2D eigenvalue weighted by atomic mass is 10.2. The van der Waals surface area contributed by atoms with Crippen LogP contribution in [0.15, 0.2) is 36.5 Å². The monoisotopic (exact) mass is 262 g/mol. The first kappa shape index (κ1) is 13.3. The Morgan fingerprint density at radius 3 is 2.53 bits per heavy atom. The van der Waals surface area contributed by atoms with Crippen molar-refractivity contribution in [3.8, 4) is 17.4 Å². The molecule has 2 rings (SSSR count). The van der Waals surface area contributed by atoms with Crippen LogP contribution in [0.2, 0.25) is 0 Å². The first-order valence-corrected chi connectivity index (χ1v) is 5.84. The smallest absolute Gasteiger partial charge is 0.223 e. The van der Waals surface area contributed by atoms with Crippen molar-refractivity contribution in [3.05, 3.63) is 47.9 Å². The summed E-state index contributed by atoms with van der Waals surface area (Å²) in [5.41, 5.74) is 0.665. The van der Waals surface area contributed by atoms with Crippen LogP contribution < -0.4 is 14.8 Å². The summed E-state index contributed by atoms with van der Waals surface area (Å²) < 4.78 is 23.9. The molecule has 19 heavy (non-hydrogen) atoms. The number of nitrogens with one attached hydrogen (secondary N) is 1. The van der Waals surface area contributed by atoms with Crippen LogP contribution in [0.25, 0.3) is 0 Å². The van der Waals surface area contributed by atoms with Gasteiger partial charge in [-0.05, 0) is 37.4 Å². The van der Waals surface area contributed by atoms with Crippen LogP contribution in [-0.4, -0.2) is 19.1 Å². The van der Waals surface area contributed by atoms with Gasteiger partial charge in [-0.1, -0.05) is 0 Å². The molecular weight excluding hydrogens is 247 g/mol. The van der Waals surface area contributed by atoms with Crippen LogP contribution in [0.1, 0.15) is 5.56 Å². The molecule has 1 N–H and O–H groups in total. The highest BCUT2D eigenvalue weighted by Gasteiger charge is 2.08. The van der Waals surface area contributed by atoms with E-state index in [2.05, 4.69) is 10.3 Å². The minimum atomic E-state index is -0.382. The second kappa shape index (κ2) is 6.15. The van der Waals surface area contributed by atoms with Gasteiger partial charge in [0.1, 0.15) is 17.3 Å². The molecule has 0 amide bonds. The fourth-order valence-corrected chi connectivity index (χ4v) is 1.63. The fourth-order valence-electron chi connectivity index (χ4n) is 1.63. The maximum absolute atomic E-state index is 13.1. The van der Waals surface area contributed by atoms with Gasteiger partial charge in [-0.2, -0.15) is 0 Å². The molecule has 0 unspecified atom stereocenters. The number of halogens is 1. The molecule has 4 nitrogen and oxygen atoms in total. The van der Waals surface area contributed by atoms with Crippen molar-refractivity contribution in [3.63, 3.8) is 0 Å². The van der Waals surface area contributed by atoms with Crippen molar-refractivity contribution < 1.29 is 13.9 Å². The van der Waals surface area contributed by atoms with Crippen molar-refractivity contribution >= 4 is 0 Å². The average molecular weight is 262 g/mol. The van der Waals surface area contributed by atoms with Gasteiger partial charge in [0.25, 0.3) is 0 Å². The SMILES string of the molecule is CNCc1cc(F)cnc1Oc1ccc(OC)cc1. The van der Waals surface area contributed by atoms with Gasteiger partial charge < -0.3 is 14.8 Å². The normalized spacial score (nSPS) is 10.3. The molecule has 100 valence electrons. The van der Waals surface area contributed by atoms with E-state index in [-0.39, 0.29) is 5.82 Å². The third-order valence-corrected chi connectivity index (χ3v) is 2.53. The topological polar surface area (TPSA) is 43.4 Å². The molecule has 2 aromatic rings. The van der Waals surface area contributed by atoms with E-state index in [1.807, 2.05) is 0 Å². The van der Waals surface area contributed by atoms with E-state index in [0.717, 1.165) is 11.9 Å². The second-order valence-electron chi connectivity index (χ2n) is 3.93. The molecule has 0 aliphatic carbocycles. The van der Waals surface area contributed by atoms with Gasteiger partial charge in [0.05, 0.1) is 13.3 Å². The van der Waals surface area contributed by atoms with Gasteiger partial charge in [0, 0.05) is 12.1 Å². The highest BCUT2D eigenvalue weighted by molar-refractivity contribution is 5.36. The Labute approximate surface area is 111 Å². The van der Waals surface area contributed by atoms with E-state index in [0.29, 0.717) is 23.7 Å². The fraction of sp³-hybridized carbons (Fsp3) is 0.214. The Hall–Kier alpha value is -2.14. The van der Waals surface area contributed by atoms with Crippen LogP contribution >= 0.6 is 0 Å². The summed E-state index contributed by atoms with van der Waals surface area (Å²) in [5.74, 6) is 1.38. The quantitative estimate of drug-likeness (QED) is 0.899. The minimum Gasteiger partial charge on any atom is -0.497 e. The van der Waals surface area contributed by atoms with Crippen LogP contribution in [0.4, 0.5) is 4.39 Å². The van der Waals surface area contributed by atoms with Crippen molar-refractivity contribution in [1.82, 2.24) is 10.3 Å². The number of hydrogen-bond acceptors (Lipinski definition) is 4. The number of nitrogens with zero attached hydrogens (tertiary/aromatic N) is 1. The second-order valence-corrected chi connectivity index (χ2v) is 3.93. The number of pyridine rings is 1. The van der Waals surface area contributed by atoms with Crippen LogP contribution in [0.5, 0.6) is 17.4 Å². The molecule has 1 heterocycles. The first-order valence-electron chi connectivity index (χ1n) is 5.84. The molecule has 1 aromatic carbocycles. The summed E-state index contributed by atoms with van der Waals surface area (Å²) in [6, 6.07) is 8.52. The Kier molecular flexibility index (Phi) is 4.30. The number of methoxy groups -OCH3 is 1. The zero-order valence-electron chi connectivity index (χ0n) is 10.8. The van der Waals surface area contributed by atoms with Gasteiger partial charge in [-0.15, -0.1) is 0 Å². The summed E-state index contributed by atoms with van der Waals surface area (Å²) >= 11 is 0. The summed E-state index contributed by atoms with van der Waals surface area (Å²) in [5, 5.41) is 2.95. The highest BCUT2D eigenvalue weighted by atomic mass is 19.1. The van der Waals surface area contributed by atoms with E-state index in [1.54, 1.807) is 38.4 Å². The van der Waals surface area contributed by atoms with Crippen molar-refractivity contribution in [1.29, 1.82) is 0 Å². The predicted molar refractivity (Wildman–Crippen MR) is 70.0 cm³/mol. The number of rotatable bonds is 5. The Morgan fingerprint density at radius 1 is 1.21 bits per heavy atom. The number of hydrogen-bond donors (Lipinski definition) is 1. The Morgan fingerprint density at radius 2 is 1.89 bits per heavy atom. The summed E-state index contributed by atoms with van der Waals surface area (Å²) in [6.07, 6.45) is 1.14.